The highest BCUT2D eigenvalue weighted by molar-refractivity contribution is 5.34. The normalized spacial score (nSPS) is 10.2. The molecule has 0 atom stereocenters. The molecule has 19 heavy (non-hydrogen) atoms. The van der Waals surface area contributed by atoms with Gasteiger partial charge in [0.1, 0.15) is 30.5 Å². The fraction of sp³-hybridized carbons (Fsp3) is 0.250. The zero-order chi connectivity index (χ0) is 13.7. The van der Waals surface area contributed by atoms with Crippen LogP contribution in [0.1, 0.15) is 11.1 Å². The molecule has 1 N–H and O–H groups in total. The summed E-state index contributed by atoms with van der Waals surface area (Å²) in [5, 5.41) is 9.29. The molecule has 0 heterocycles. The number of benzene rings is 2. The van der Waals surface area contributed by atoms with Gasteiger partial charge in [0.25, 0.3) is 0 Å². The fourth-order valence-corrected chi connectivity index (χ4v) is 1.70. The van der Waals surface area contributed by atoms with Crippen LogP contribution in [0.2, 0.25) is 0 Å². The summed E-state index contributed by atoms with van der Waals surface area (Å²) in [4.78, 5) is 0. The molecule has 0 saturated heterocycles. The second-order valence-electron chi connectivity index (χ2n) is 4.44. The summed E-state index contributed by atoms with van der Waals surface area (Å²) >= 11 is 0. The standard InChI is InChI=1S/C16H18O3/c1-12-6-7-16(10-13(12)2)19-9-8-18-15-5-3-4-14(17)11-15/h3-7,10-11,17H,8-9H2,1-2H3. The fourth-order valence-electron chi connectivity index (χ4n) is 1.70. The Bertz CT molecular complexity index is 549. The summed E-state index contributed by atoms with van der Waals surface area (Å²) in [5.74, 6) is 1.69. The molecule has 2 aromatic carbocycles. The van der Waals surface area contributed by atoms with Crippen molar-refractivity contribution in [1.82, 2.24) is 0 Å². The van der Waals surface area contributed by atoms with Crippen LogP contribution < -0.4 is 9.47 Å². The summed E-state index contributed by atoms with van der Waals surface area (Å²) in [7, 11) is 0. The second kappa shape index (κ2) is 6.14. The van der Waals surface area contributed by atoms with Crippen molar-refractivity contribution in [3.05, 3.63) is 53.6 Å². The highest BCUT2D eigenvalue weighted by Crippen LogP contribution is 2.18. The lowest BCUT2D eigenvalue weighted by Gasteiger charge is -2.09. The number of aromatic hydroxyl groups is 1. The van der Waals surface area contributed by atoms with Crippen LogP contribution >= 0.6 is 0 Å². The molecule has 100 valence electrons. The maximum absolute atomic E-state index is 9.29. The predicted molar refractivity (Wildman–Crippen MR) is 75.0 cm³/mol. The van der Waals surface area contributed by atoms with Gasteiger partial charge in [-0.3, -0.25) is 0 Å². The smallest absolute Gasteiger partial charge is 0.123 e. The van der Waals surface area contributed by atoms with E-state index in [1.54, 1.807) is 24.3 Å². The van der Waals surface area contributed by atoms with Crippen molar-refractivity contribution in [2.75, 3.05) is 13.2 Å². The highest BCUT2D eigenvalue weighted by atomic mass is 16.5. The van der Waals surface area contributed by atoms with Crippen molar-refractivity contribution in [2.45, 2.75) is 13.8 Å². The van der Waals surface area contributed by atoms with Gasteiger partial charge in [0, 0.05) is 6.07 Å². The Labute approximate surface area is 113 Å². The van der Waals surface area contributed by atoms with Crippen molar-refractivity contribution in [1.29, 1.82) is 0 Å². The van der Waals surface area contributed by atoms with Crippen molar-refractivity contribution in [3.63, 3.8) is 0 Å². The molecule has 0 aliphatic rings. The van der Waals surface area contributed by atoms with Gasteiger partial charge >= 0.3 is 0 Å². The van der Waals surface area contributed by atoms with Gasteiger partial charge in [-0.15, -0.1) is 0 Å². The zero-order valence-electron chi connectivity index (χ0n) is 11.2. The van der Waals surface area contributed by atoms with E-state index >= 15 is 0 Å². The first kappa shape index (κ1) is 13.3. The van der Waals surface area contributed by atoms with Crippen LogP contribution in [0.25, 0.3) is 0 Å². The Morgan fingerprint density at radius 3 is 2.16 bits per heavy atom. The second-order valence-corrected chi connectivity index (χ2v) is 4.44. The van der Waals surface area contributed by atoms with Crippen molar-refractivity contribution < 1.29 is 14.6 Å². The van der Waals surface area contributed by atoms with Gasteiger partial charge in [0.2, 0.25) is 0 Å². The Kier molecular flexibility index (Phi) is 4.29. The van der Waals surface area contributed by atoms with Crippen molar-refractivity contribution >= 4 is 0 Å². The van der Waals surface area contributed by atoms with E-state index in [4.69, 9.17) is 9.47 Å². The monoisotopic (exact) mass is 258 g/mol. The van der Waals surface area contributed by atoms with Crippen LogP contribution in [0.5, 0.6) is 17.2 Å². The lowest BCUT2D eigenvalue weighted by atomic mass is 10.1. The molecule has 0 unspecified atom stereocenters. The van der Waals surface area contributed by atoms with Crippen molar-refractivity contribution in [3.8, 4) is 17.2 Å². The molecular weight excluding hydrogens is 240 g/mol. The Balaban J connectivity index is 1.79. The largest absolute Gasteiger partial charge is 0.508 e. The number of aryl methyl sites for hydroxylation is 2. The van der Waals surface area contributed by atoms with Crippen LogP contribution in [0.15, 0.2) is 42.5 Å². The molecular formula is C16H18O3. The molecule has 0 amide bonds. The molecule has 3 heteroatoms. The maximum Gasteiger partial charge on any atom is 0.123 e. The van der Waals surface area contributed by atoms with Gasteiger partial charge in [-0.2, -0.15) is 0 Å². The molecule has 2 rings (SSSR count). The topological polar surface area (TPSA) is 38.7 Å². The quantitative estimate of drug-likeness (QED) is 0.835. The first-order chi connectivity index (χ1) is 9.15. The minimum atomic E-state index is 0.201. The summed E-state index contributed by atoms with van der Waals surface area (Å²) in [6.07, 6.45) is 0. The molecule has 2 aromatic rings. The molecule has 0 aliphatic heterocycles. The number of phenols is 1. The number of ether oxygens (including phenoxy) is 2. The predicted octanol–water partition coefficient (Wildman–Crippen LogP) is 3.47. The van der Waals surface area contributed by atoms with Gasteiger partial charge in [0.15, 0.2) is 0 Å². The summed E-state index contributed by atoms with van der Waals surface area (Å²) in [6.45, 7) is 5.05. The van der Waals surface area contributed by atoms with Crippen LogP contribution in [-0.2, 0) is 0 Å². The third-order valence-corrected chi connectivity index (χ3v) is 2.92. The average molecular weight is 258 g/mol. The molecule has 0 fully saturated rings. The highest BCUT2D eigenvalue weighted by Gasteiger charge is 1.98. The van der Waals surface area contributed by atoms with E-state index in [0.717, 1.165) is 5.75 Å². The molecule has 0 saturated carbocycles. The van der Waals surface area contributed by atoms with Crippen LogP contribution in [0.3, 0.4) is 0 Å². The third-order valence-electron chi connectivity index (χ3n) is 2.92. The van der Waals surface area contributed by atoms with E-state index < -0.39 is 0 Å². The van der Waals surface area contributed by atoms with Gasteiger partial charge in [-0.25, -0.2) is 0 Å². The van der Waals surface area contributed by atoms with E-state index in [-0.39, 0.29) is 5.75 Å². The van der Waals surface area contributed by atoms with Gasteiger partial charge < -0.3 is 14.6 Å². The van der Waals surface area contributed by atoms with Crippen LogP contribution in [-0.4, -0.2) is 18.3 Å². The molecule has 0 bridgehead atoms. The Morgan fingerprint density at radius 2 is 1.53 bits per heavy atom. The van der Waals surface area contributed by atoms with Gasteiger partial charge in [0.05, 0.1) is 0 Å². The minimum Gasteiger partial charge on any atom is -0.508 e. The van der Waals surface area contributed by atoms with Crippen molar-refractivity contribution in [2.24, 2.45) is 0 Å². The molecule has 0 spiro atoms. The summed E-state index contributed by atoms with van der Waals surface area (Å²) < 4.78 is 11.1. The Hall–Kier alpha value is -2.16. The lowest BCUT2D eigenvalue weighted by molar-refractivity contribution is 0.216. The summed E-state index contributed by atoms with van der Waals surface area (Å²) in [5.41, 5.74) is 2.47. The summed E-state index contributed by atoms with van der Waals surface area (Å²) in [6, 6.07) is 12.8. The number of rotatable bonds is 5. The molecule has 3 nitrogen and oxygen atoms in total. The minimum absolute atomic E-state index is 0.201. The third kappa shape index (κ3) is 3.91. The number of phenolic OH excluding ortho intramolecular Hbond substituents is 1. The van der Waals surface area contributed by atoms with E-state index in [1.807, 2.05) is 18.2 Å². The number of hydrogen-bond acceptors (Lipinski definition) is 3. The molecule has 0 aliphatic carbocycles. The lowest BCUT2D eigenvalue weighted by Crippen LogP contribution is -2.09. The zero-order valence-corrected chi connectivity index (χ0v) is 11.2. The maximum atomic E-state index is 9.29. The number of hydrogen-bond donors (Lipinski definition) is 1. The molecule has 0 aromatic heterocycles. The van der Waals surface area contributed by atoms with Crippen LogP contribution in [0.4, 0.5) is 0 Å². The molecule has 0 radical (unpaired) electrons. The van der Waals surface area contributed by atoms with Gasteiger partial charge in [-0.1, -0.05) is 12.1 Å². The first-order valence-corrected chi connectivity index (χ1v) is 6.27. The van der Waals surface area contributed by atoms with E-state index in [2.05, 4.69) is 13.8 Å². The van der Waals surface area contributed by atoms with Gasteiger partial charge in [-0.05, 0) is 49.2 Å². The van der Waals surface area contributed by atoms with Crippen LogP contribution in [0, 0.1) is 13.8 Å². The SMILES string of the molecule is Cc1ccc(OCCOc2cccc(O)c2)cc1C. The average Bonchev–Trinajstić information content (AvgIpc) is 2.39. The Morgan fingerprint density at radius 1 is 0.842 bits per heavy atom. The van der Waals surface area contributed by atoms with E-state index in [9.17, 15) is 5.11 Å². The van der Waals surface area contributed by atoms with E-state index in [0.29, 0.717) is 19.0 Å². The van der Waals surface area contributed by atoms with E-state index in [1.165, 1.54) is 11.1 Å². The first-order valence-electron chi connectivity index (χ1n) is 6.27.